The van der Waals surface area contributed by atoms with Gasteiger partial charge < -0.3 is 5.73 Å². The van der Waals surface area contributed by atoms with Crippen molar-refractivity contribution in [1.29, 1.82) is 0 Å². The van der Waals surface area contributed by atoms with Crippen molar-refractivity contribution >= 4 is 11.3 Å². The lowest BCUT2D eigenvalue weighted by atomic mass is 10.2. The van der Waals surface area contributed by atoms with E-state index < -0.39 is 11.7 Å². The third-order valence-corrected chi connectivity index (χ3v) is 3.38. The van der Waals surface area contributed by atoms with Gasteiger partial charge in [0.1, 0.15) is 10.7 Å². The van der Waals surface area contributed by atoms with Gasteiger partial charge in [0, 0.05) is 12.6 Å². The molecule has 0 aliphatic carbocycles. The van der Waals surface area contributed by atoms with Crippen LogP contribution in [0.4, 0.5) is 13.2 Å². The second kappa shape index (κ2) is 5.62. The number of halogens is 3. The Labute approximate surface area is 111 Å². The molecule has 19 heavy (non-hydrogen) atoms. The van der Waals surface area contributed by atoms with Crippen molar-refractivity contribution in [1.82, 2.24) is 15.2 Å². The summed E-state index contributed by atoms with van der Waals surface area (Å²) in [5.74, 6) is 0. The standard InChI is InChI=1S/C11H11F3N4S/c12-11(13,14)7-3-4-8(16-6-7)10-18-17-9(19-10)2-1-5-15/h3-4,6H,1-2,5,15H2. The largest absolute Gasteiger partial charge is 0.417 e. The van der Waals surface area contributed by atoms with Gasteiger partial charge in [0.25, 0.3) is 0 Å². The summed E-state index contributed by atoms with van der Waals surface area (Å²) in [6, 6.07) is 2.29. The van der Waals surface area contributed by atoms with Crippen molar-refractivity contribution in [3.63, 3.8) is 0 Å². The third kappa shape index (κ3) is 3.48. The van der Waals surface area contributed by atoms with Crippen LogP contribution in [0.15, 0.2) is 18.3 Å². The molecule has 4 nitrogen and oxygen atoms in total. The highest BCUT2D eigenvalue weighted by atomic mass is 32.1. The van der Waals surface area contributed by atoms with Crippen molar-refractivity contribution in [2.24, 2.45) is 5.73 Å². The van der Waals surface area contributed by atoms with Gasteiger partial charge in [-0.3, -0.25) is 4.98 Å². The van der Waals surface area contributed by atoms with Gasteiger partial charge in [-0.2, -0.15) is 13.2 Å². The third-order valence-electron chi connectivity index (χ3n) is 2.37. The van der Waals surface area contributed by atoms with Crippen molar-refractivity contribution in [3.8, 4) is 10.7 Å². The highest BCUT2D eigenvalue weighted by Crippen LogP contribution is 2.30. The molecule has 0 aliphatic heterocycles. The molecule has 0 saturated carbocycles. The molecule has 8 heteroatoms. The molecule has 0 saturated heterocycles. The number of aromatic nitrogens is 3. The predicted molar refractivity (Wildman–Crippen MR) is 65.5 cm³/mol. The fraction of sp³-hybridized carbons (Fsp3) is 0.364. The van der Waals surface area contributed by atoms with E-state index in [1.54, 1.807) is 0 Å². The van der Waals surface area contributed by atoms with Crippen LogP contribution in [0.5, 0.6) is 0 Å². The van der Waals surface area contributed by atoms with Gasteiger partial charge >= 0.3 is 6.18 Å². The van der Waals surface area contributed by atoms with Crippen LogP contribution in [0.3, 0.4) is 0 Å². The SMILES string of the molecule is NCCCc1nnc(-c2ccc(C(F)(F)F)cn2)s1. The number of nitrogens with zero attached hydrogens (tertiary/aromatic N) is 3. The van der Waals surface area contributed by atoms with Crippen molar-refractivity contribution in [2.75, 3.05) is 6.54 Å². The molecule has 102 valence electrons. The normalized spacial score (nSPS) is 11.8. The van der Waals surface area contributed by atoms with E-state index in [2.05, 4.69) is 15.2 Å². The number of alkyl halides is 3. The second-order valence-corrected chi connectivity index (χ2v) is 4.89. The average molecular weight is 288 g/mol. The molecule has 0 radical (unpaired) electrons. The average Bonchev–Trinajstić information content (AvgIpc) is 2.84. The second-order valence-electron chi connectivity index (χ2n) is 3.82. The van der Waals surface area contributed by atoms with Crippen LogP contribution in [0.25, 0.3) is 10.7 Å². The monoisotopic (exact) mass is 288 g/mol. The maximum atomic E-state index is 12.4. The molecule has 0 amide bonds. The lowest BCUT2D eigenvalue weighted by Gasteiger charge is -2.05. The molecule has 0 fully saturated rings. The Balaban J connectivity index is 2.16. The molecule has 2 heterocycles. The Hall–Kier alpha value is -1.54. The van der Waals surface area contributed by atoms with E-state index in [4.69, 9.17) is 5.73 Å². The fourth-order valence-electron chi connectivity index (χ4n) is 1.40. The van der Waals surface area contributed by atoms with Crippen LogP contribution in [-0.2, 0) is 12.6 Å². The van der Waals surface area contributed by atoms with E-state index in [0.717, 1.165) is 30.1 Å². The summed E-state index contributed by atoms with van der Waals surface area (Å²) in [5.41, 5.74) is 5.01. The summed E-state index contributed by atoms with van der Waals surface area (Å²) in [6.07, 6.45) is -2.06. The number of rotatable bonds is 4. The molecule has 0 atom stereocenters. The van der Waals surface area contributed by atoms with Crippen LogP contribution >= 0.6 is 11.3 Å². The molecule has 2 aromatic rings. The van der Waals surface area contributed by atoms with Gasteiger partial charge in [0.15, 0.2) is 5.01 Å². The lowest BCUT2D eigenvalue weighted by molar-refractivity contribution is -0.137. The van der Waals surface area contributed by atoms with Crippen molar-refractivity contribution in [2.45, 2.75) is 19.0 Å². The fourth-order valence-corrected chi connectivity index (χ4v) is 2.26. The van der Waals surface area contributed by atoms with E-state index in [9.17, 15) is 13.2 Å². The molecule has 2 N–H and O–H groups in total. The molecule has 0 aromatic carbocycles. The van der Waals surface area contributed by atoms with E-state index in [-0.39, 0.29) is 0 Å². The molecular weight excluding hydrogens is 277 g/mol. The Kier molecular flexibility index (Phi) is 4.11. The zero-order chi connectivity index (χ0) is 13.9. The van der Waals surface area contributed by atoms with Gasteiger partial charge in [-0.15, -0.1) is 10.2 Å². The van der Waals surface area contributed by atoms with Crippen LogP contribution < -0.4 is 5.73 Å². The molecule has 2 rings (SSSR count). The topological polar surface area (TPSA) is 64.7 Å². The maximum Gasteiger partial charge on any atom is 0.417 e. The maximum absolute atomic E-state index is 12.4. The summed E-state index contributed by atoms with van der Waals surface area (Å²) in [5, 5.41) is 9.19. The Bertz CT molecular complexity index is 536. The number of pyridine rings is 1. The molecule has 2 aromatic heterocycles. The van der Waals surface area contributed by atoms with Gasteiger partial charge in [-0.05, 0) is 25.1 Å². The van der Waals surface area contributed by atoms with Crippen LogP contribution in [0.2, 0.25) is 0 Å². The van der Waals surface area contributed by atoms with Crippen molar-refractivity contribution in [3.05, 3.63) is 28.9 Å². The minimum Gasteiger partial charge on any atom is -0.330 e. The van der Waals surface area contributed by atoms with Gasteiger partial charge in [-0.1, -0.05) is 11.3 Å². The highest BCUT2D eigenvalue weighted by molar-refractivity contribution is 7.14. The zero-order valence-electron chi connectivity index (χ0n) is 9.81. The number of hydrogen-bond acceptors (Lipinski definition) is 5. The summed E-state index contributed by atoms with van der Waals surface area (Å²) >= 11 is 1.32. The van der Waals surface area contributed by atoms with Gasteiger partial charge in [0.05, 0.1) is 5.56 Å². The number of aryl methyl sites for hydroxylation is 1. The Morgan fingerprint density at radius 2 is 2.00 bits per heavy atom. The first-order valence-electron chi connectivity index (χ1n) is 5.57. The minimum atomic E-state index is -4.38. The van der Waals surface area contributed by atoms with Crippen LogP contribution in [0, 0.1) is 0 Å². The zero-order valence-corrected chi connectivity index (χ0v) is 10.6. The first-order valence-corrected chi connectivity index (χ1v) is 6.38. The smallest absolute Gasteiger partial charge is 0.330 e. The van der Waals surface area contributed by atoms with Crippen molar-refractivity contribution < 1.29 is 13.2 Å². The predicted octanol–water partition coefficient (Wildman–Crippen LogP) is 2.51. The molecule has 0 unspecified atom stereocenters. The number of nitrogens with two attached hydrogens (primary N) is 1. The van der Waals surface area contributed by atoms with Gasteiger partial charge in [0.2, 0.25) is 0 Å². The van der Waals surface area contributed by atoms with E-state index >= 15 is 0 Å². The Morgan fingerprint density at radius 1 is 1.21 bits per heavy atom. The van der Waals surface area contributed by atoms with E-state index in [1.807, 2.05) is 0 Å². The van der Waals surface area contributed by atoms with Gasteiger partial charge in [-0.25, -0.2) is 0 Å². The van der Waals surface area contributed by atoms with E-state index in [1.165, 1.54) is 17.4 Å². The lowest BCUT2D eigenvalue weighted by Crippen LogP contribution is -2.05. The molecule has 0 aliphatic rings. The first-order chi connectivity index (χ1) is 9.00. The number of hydrogen-bond donors (Lipinski definition) is 1. The van der Waals surface area contributed by atoms with Crippen LogP contribution in [0.1, 0.15) is 17.0 Å². The molecule has 0 spiro atoms. The quantitative estimate of drug-likeness (QED) is 0.939. The minimum absolute atomic E-state index is 0.393. The summed E-state index contributed by atoms with van der Waals surface area (Å²) in [4.78, 5) is 3.77. The highest BCUT2D eigenvalue weighted by Gasteiger charge is 2.30. The summed E-state index contributed by atoms with van der Waals surface area (Å²) < 4.78 is 37.2. The summed E-state index contributed by atoms with van der Waals surface area (Å²) in [6.45, 7) is 0.563. The molecular formula is C11H11F3N4S. The first kappa shape index (κ1) is 13.9. The van der Waals surface area contributed by atoms with Crippen LogP contribution in [-0.4, -0.2) is 21.7 Å². The molecule has 0 bridgehead atoms. The summed E-state index contributed by atoms with van der Waals surface area (Å²) in [7, 11) is 0. The van der Waals surface area contributed by atoms with E-state index in [0.29, 0.717) is 17.2 Å². The Morgan fingerprint density at radius 3 is 2.58 bits per heavy atom.